The van der Waals surface area contributed by atoms with E-state index in [1.807, 2.05) is 24.9 Å². The van der Waals surface area contributed by atoms with Crippen LogP contribution in [0.25, 0.3) is 5.95 Å². The number of hydrogen-bond donors (Lipinski definition) is 1. The number of rotatable bonds is 4. The summed E-state index contributed by atoms with van der Waals surface area (Å²) in [6.45, 7) is 2.10. The molecule has 0 amide bonds. The summed E-state index contributed by atoms with van der Waals surface area (Å²) in [6, 6.07) is 0. The molecule has 2 N–H and O–H groups in total. The second-order valence-electron chi connectivity index (χ2n) is 4.15. The van der Waals surface area contributed by atoms with Crippen LogP contribution in [-0.4, -0.2) is 38.6 Å². The van der Waals surface area contributed by atoms with Gasteiger partial charge in [0.05, 0.1) is 0 Å². The van der Waals surface area contributed by atoms with E-state index in [4.69, 9.17) is 5.73 Å². The first-order chi connectivity index (χ1) is 8.61. The van der Waals surface area contributed by atoms with Crippen molar-refractivity contribution in [1.29, 1.82) is 0 Å². The van der Waals surface area contributed by atoms with E-state index in [-0.39, 0.29) is 5.95 Å². The van der Waals surface area contributed by atoms with Crippen molar-refractivity contribution >= 4 is 11.9 Å². The Hall–Kier alpha value is -2.18. The fraction of sp³-hybridized carbons (Fsp3) is 0.455. The van der Waals surface area contributed by atoms with Gasteiger partial charge in [0, 0.05) is 32.9 Å². The van der Waals surface area contributed by atoms with Crippen molar-refractivity contribution in [3.05, 3.63) is 18.2 Å². The Balaban J connectivity index is 2.46. The number of imidazole rings is 1. The summed E-state index contributed by atoms with van der Waals surface area (Å²) < 4.78 is 1.84. The van der Waals surface area contributed by atoms with Gasteiger partial charge in [0.25, 0.3) is 0 Å². The third-order valence-corrected chi connectivity index (χ3v) is 2.44. The zero-order chi connectivity index (χ0) is 13.1. The van der Waals surface area contributed by atoms with Crippen molar-refractivity contribution in [3.63, 3.8) is 0 Å². The molecule has 0 aliphatic heterocycles. The summed E-state index contributed by atoms with van der Waals surface area (Å²) in [7, 11) is 3.72. The lowest BCUT2D eigenvalue weighted by Gasteiger charge is -2.12. The van der Waals surface area contributed by atoms with Gasteiger partial charge in [-0.1, -0.05) is 6.92 Å². The van der Waals surface area contributed by atoms with Gasteiger partial charge in [-0.05, 0) is 6.42 Å². The third-order valence-electron chi connectivity index (χ3n) is 2.44. The normalized spacial score (nSPS) is 10.6. The first kappa shape index (κ1) is 12.3. The molecule has 0 saturated heterocycles. The van der Waals surface area contributed by atoms with Gasteiger partial charge in [-0.25, -0.2) is 4.98 Å². The Morgan fingerprint density at radius 3 is 2.72 bits per heavy atom. The van der Waals surface area contributed by atoms with Gasteiger partial charge < -0.3 is 10.6 Å². The average molecular weight is 247 g/mol. The van der Waals surface area contributed by atoms with E-state index in [0.717, 1.165) is 18.7 Å². The predicted octanol–water partition coefficient (Wildman–Crippen LogP) is 0.658. The summed E-state index contributed by atoms with van der Waals surface area (Å²) in [5.41, 5.74) is 5.70. The van der Waals surface area contributed by atoms with Crippen LogP contribution in [-0.2, 0) is 6.42 Å². The minimum Gasteiger partial charge on any atom is -0.368 e. The first-order valence-corrected chi connectivity index (χ1v) is 5.83. The maximum absolute atomic E-state index is 5.70. The molecule has 96 valence electrons. The molecule has 2 aromatic heterocycles. The molecule has 18 heavy (non-hydrogen) atoms. The molecule has 0 aliphatic rings. The molecule has 0 fully saturated rings. The molecule has 0 aromatic carbocycles. The fourth-order valence-electron chi connectivity index (χ4n) is 1.60. The highest BCUT2D eigenvalue weighted by Crippen LogP contribution is 2.12. The lowest BCUT2D eigenvalue weighted by molar-refractivity contribution is 0.775. The molecule has 2 rings (SSSR count). The molecular weight excluding hydrogens is 230 g/mol. The Morgan fingerprint density at radius 1 is 1.28 bits per heavy atom. The molecule has 0 spiro atoms. The van der Waals surface area contributed by atoms with E-state index in [9.17, 15) is 0 Å². The monoisotopic (exact) mass is 247 g/mol. The number of aromatic nitrogens is 5. The average Bonchev–Trinajstić information content (AvgIpc) is 2.77. The zero-order valence-electron chi connectivity index (χ0n) is 10.8. The van der Waals surface area contributed by atoms with Gasteiger partial charge >= 0.3 is 0 Å². The largest absolute Gasteiger partial charge is 0.368 e. The molecule has 0 unspecified atom stereocenters. The Kier molecular flexibility index (Phi) is 3.40. The SMILES string of the molecule is CCCc1nccn1-c1nc(N)nc(N(C)C)n1. The van der Waals surface area contributed by atoms with Crippen molar-refractivity contribution in [2.75, 3.05) is 24.7 Å². The Labute approximate surface area is 106 Å². The summed E-state index contributed by atoms with van der Waals surface area (Å²) in [4.78, 5) is 18.7. The van der Waals surface area contributed by atoms with Crippen LogP contribution in [0.4, 0.5) is 11.9 Å². The molecule has 0 atom stereocenters. The lowest BCUT2D eigenvalue weighted by atomic mass is 10.3. The smallest absolute Gasteiger partial charge is 0.241 e. The van der Waals surface area contributed by atoms with E-state index in [1.165, 1.54) is 0 Å². The van der Waals surface area contributed by atoms with Crippen molar-refractivity contribution in [2.24, 2.45) is 0 Å². The summed E-state index contributed by atoms with van der Waals surface area (Å²) in [5, 5.41) is 0. The van der Waals surface area contributed by atoms with E-state index in [0.29, 0.717) is 11.9 Å². The van der Waals surface area contributed by atoms with Gasteiger partial charge in [0.2, 0.25) is 17.8 Å². The van der Waals surface area contributed by atoms with Crippen LogP contribution in [0.15, 0.2) is 12.4 Å². The number of nitrogen functional groups attached to an aromatic ring is 1. The predicted molar refractivity (Wildman–Crippen MR) is 69.7 cm³/mol. The molecule has 0 radical (unpaired) electrons. The van der Waals surface area contributed by atoms with E-state index >= 15 is 0 Å². The highest BCUT2D eigenvalue weighted by molar-refractivity contribution is 5.36. The second-order valence-corrected chi connectivity index (χ2v) is 4.15. The second kappa shape index (κ2) is 4.99. The molecule has 0 aliphatic carbocycles. The maximum atomic E-state index is 5.70. The number of nitrogens with zero attached hydrogens (tertiary/aromatic N) is 6. The molecule has 0 bridgehead atoms. The number of nitrogens with two attached hydrogens (primary N) is 1. The third kappa shape index (κ3) is 2.39. The highest BCUT2D eigenvalue weighted by Gasteiger charge is 2.10. The molecule has 2 aromatic rings. The van der Waals surface area contributed by atoms with Gasteiger partial charge in [-0.15, -0.1) is 0 Å². The van der Waals surface area contributed by atoms with E-state index in [2.05, 4.69) is 26.9 Å². The Morgan fingerprint density at radius 2 is 2.06 bits per heavy atom. The van der Waals surface area contributed by atoms with Gasteiger partial charge in [0.15, 0.2) is 0 Å². The van der Waals surface area contributed by atoms with Crippen molar-refractivity contribution in [3.8, 4) is 5.95 Å². The van der Waals surface area contributed by atoms with Gasteiger partial charge in [0.1, 0.15) is 5.82 Å². The van der Waals surface area contributed by atoms with Crippen LogP contribution < -0.4 is 10.6 Å². The first-order valence-electron chi connectivity index (χ1n) is 5.83. The van der Waals surface area contributed by atoms with E-state index in [1.54, 1.807) is 11.1 Å². The standard InChI is InChI=1S/C11H17N7/c1-4-5-8-13-6-7-18(8)11-15-9(12)14-10(16-11)17(2)3/h6-7H,4-5H2,1-3H3,(H2,12,14,15,16). The number of aryl methyl sites for hydroxylation is 1. The molecule has 2 heterocycles. The number of hydrogen-bond acceptors (Lipinski definition) is 6. The maximum Gasteiger partial charge on any atom is 0.241 e. The van der Waals surface area contributed by atoms with Crippen LogP contribution in [0.3, 0.4) is 0 Å². The van der Waals surface area contributed by atoms with Crippen molar-refractivity contribution in [1.82, 2.24) is 24.5 Å². The minimum absolute atomic E-state index is 0.208. The quantitative estimate of drug-likeness (QED) is 0.854. The topological polar surface area (TPSA) is 85.8 Å². The molecule has 7 heteroatoms. The van der Waals surface area contributed by atoms with Crippen molar-refractivity contribution < 1.29 is 0 Å². The highest BCUT2D eigenvalue weighted by atomic mass is 15.3. The Bertz CT molecular complexity index is 532. The summed E-state index contributed by atoms with van der Waals surface area (Å²) in [6.07, 6.45) is 5.45. The van der Waals surface area contributed by atoms with Crippen LogP contribution in [0, 0.1) is 0 Å². The minimum atomic E-state index is 0.208. The van der Waals surface area contributed by atoms with Crippen LogP contribution in [0.5, 0.6) is 0 Å². The fourth-order valence-corrected chi connectivity index (χ4v) is 1.60. The van der Waals surface area contributed by atoms with Crippen LogP contribution in [0.2, 0.25) is 0 Å². The zero-order valence-corrected chi connectivity index (χ0v) is 10.8. The number of anilines is 2. The molecule has 0 saturated carbocycles. The summed E-state index contributed by atoms with van der Waals surface area (Å²) >= 11 is 0. The van der Waals surface area contributed by atoms with Gasteiger partial charge in [-0.2, -0.15) is 15.0 Å². The van der Waals surface area contributed by atoms with E-state index < -0.39 is 0 Å². The lowest BCUT2D eigenvalue weighted by Crippen LogP contribution is -2.17. The molecular formula is C11H17N7. The summed E-state index contributed by atoms with van der Waals surface area (Å²) in [5.74, 6) is 2.17. The van der Waals surface area contributed by atoms with Crippen LogP contribution >= 0.6 is 0 Å². The molecule has 7 nitrogen and oxygen atoms in total. The van der Waals surface area contributed by atoms with Crippen LogP contribution in [0.1, 0.15) is 19.2 Å². The van der Waals surface area contributed by atoms with Crippen molar-refractivity contribution in [2.45, 2.75) is 19.8 Å². The van der Waals surface area contributed by atoms with Gasteiger partial charge in [-0.3, -0.25) is 4.57 Å².